The Bertz CT molecular complexity index is 743. The van der Waals surface area contributed by atoms with E-state index in [1.54, 1.807) is 6.07 Å². The fraction of sp³-hybridized carbons (Fsp3) is 0.222. The van der Waals surface area contributed by atoms with E-state index in [4.69, 9.17) is 10.5 Å². The maximum Gasteiger partial charge on any atom is 0.328 e. The lowest BCUT2D eigenvalue weighted by Gasteiger charge is -2.26. The lowest BCUT2D eigenvalue weighted by Crippen LogP contribution is -2.49. The van der Waals surface area contributed by atoms with E-state index >= 15 is 0 Å². The molecule has 0 radical (unpaired) electrons. The summed E-state index contributed by atoms with van der Waals surface area (Å²) in [5.41, 5.74) is 8.40. The van der Waals surface area contributed by atoms with Crippen LogP contribution in [0, 0.1) is 0 Å². The summed E-state index contributed by atoms with van der Waals surface area (Å²) >= 11 is 0. The Morgan fingerprint density at radius 3 is 2.54 bits per heavy atom. The molecular formula is C18H19N3O3. The van der Waals surface area contributed by atoms with Gasteiger partial charge in [0.05, 0.1) is 0 Å². The highest BCUT2D eigenvalue weighted by atomic mass is 16.5. The summed E-state index contributed by atoms with van der Waals surface area (Å²) in [5, 5.41) is 2.31. The quantitative estimate of drug-likeness (QED) is 0.882. The van der Waals surface area contributed by atoms with E-state index in [2.05, 4.69) is 5.32 Å². The summed E-state index contributed by atoms with van der Waals surface area (Å²) in [6.45, 7) is 1.32. The zero-order valence-electron chi connectivity index (χ0n) is 13.2. The maximum atomic E-state index is 11.9. The predicted octanol–water partition coefficient (Wildman–Crippen LogP) is 2.17. The number of amides is 3. The summed E-state index contributed by atoms with van der Waals surface area (Å²) in [4.78, 5) is 24.7. The minimum Gasteiger partial charge on any atom is -0.489 e. The SMILES string of the molecule is NCc1ccc(COc2cccc(N3CCC(=O)NC3=O)c2)cc1. The second-order valence-electron chi connectivity index (χ2n) is 5.56. The van der Waals surface area contributed by atoms with E-state index < -0.39 is 6.03 Å². The van der Waals surface area contributed by atoms with Gasteiger partial charge in [-0.1, -0.05) is 30.3 Å². The molecule has 0 unspecified atom stereocenters. The van der Waals surface area contributed by atoms with Gasteiger partial charge < -0.3 is 10.5 Å². The number of urea groups is 1. The van der Waals surface area contributed by atoms with Crippen LogP contribution in [0.4, 0.5) is 10.5 Å². The Balaban J connectivity index is 1.66. The summed E-state index contributed by atoms with van der Waals surface area (Å²) in [7, 11) is 0. The molecule has 0 bridgehead atoms. The van der Waals surface area contributed by atoms with Crippen molar-refractivity contribution in [2.75, 3.05) is 11.4 Å². The van der Waals surface area contributed by atoms with Gasteiger partial charge in [-0.3, -0.25) is 15.0 Å². The number of carbonyl (C=O) groups excluding carboxylic acids is 2. The molecule has 1 saturated heterocycles. The molecule has 6 heteroatoms. The highest BCUT2D eigenvalue weighted by Crippen LogP contribution is 2.23. The number of ether oxygens (including phenoxy) is 1. The average Bonchev–Trinajstić information content (AvgIpc) is 2.60. The number of hydrogen-bond donors (Lipinski definition) is 2. The first-order valence-corrected chi connectivity index (χ1v) is 7.78. The summed E-state index contributed by atoms with van der Waals surface area (Å²) in [6, 6.07) is 14.8. The summed E-state index contributed by atoms with van der Waals surface area (Å²) < 4.78 is 5.80. The number of nitrogens with two attached hydrogens (primary N) is 1. The van der Waals surface area contributed by atoms with Crippen LogP contribution < -0.4 is 20.7 Å². The molecule has 124 valence electrons. The van der Waals surface area contributed by atoms with Crippen molar-refractivity contribution in [3.05, 3.63) is 59.7 Å². The highest BCUT2D eigenvalue weighted by Gasteiger charge is 2.24. The van der Waals surface area contributed by atoms with Crippen molar-refractivity contribution in [1.29, 1.82) is 0 Å². The third-order valence-electron chi connectivity index (χ3n) is 3.85. The monoisotopic (exact) mass is 325 g/mol. The van der Waals surface area contributed by atoms with E-state index in [0.717, 1.165) is 11.1 Å². The molecular weight excluding hydrogens is 306 g/mol. The molecule has 6 nitrogen and oxygen atoms in total. The van der Waals surface area contributed by atoms with Crippen LogP contribution >= 0.6 is 0 Å². The number of nitrogens with one attached hydrogen (secondary N) is 1. The first-order valence-electron chi connectivity index (χ1n) is 7.78. The molecule has 2 aromatic carbocycles. The summed E-state index contributed by atoms with van der Waals surface area (Å²) in [6.07, 6.45) is 0.296. The van der Waals surface area contributed by atoms with Gasteiger partial charge in [-0.2, -0.15) is 0 Å². The Kier molecular flexibility index (Phi) is 4.77. The molecule has 3 rings (SSSR count). The third-order valence-corrected chi connectivity index (χ3v) is 3.85. The lowest BCUT2D eigenvalue weighted by atomic mass is 10.1. The van der Waals surface area contributed by atoms with Gasteiger partial charge in [-0.05, 0) is 23.3 Å². The van der Waals surface area contributed by atoms with Gasteiger partial charge in [-0.25, -0.2) is 4.79 Å². The third kappa shape index (κ3) is 3.72. The van der Waals surface area contributed by atoms with E-state index in [9.17, 15) is 9.59 Å². The highest BCUT2D eigenvalue weighted by molar-refractivity contribution is 6.05. The molecule has 1 fully saturated rings. The smallest absolute Gasteiger partial charge is 0.328 e. The first-order chi connectivity index (χ1) is 11.7. The second kappa shape index (κ2) is 7.14. The zero-order valence-corrected chi connectivity index (χ0v) is 13.2. The topological polar surface area (TPSA) is 84.7 Å². The molecule has 1 aliphatic heterocycles. The van der Waals surface area contributed by atoms with Crippen LogP contribution in [-0.4, -0.2) is 18.5 Å². The Morgan fingerprint density at radius 1 is 1.08 bits per heavy atom. The van der Waals surface area contributed by atoms with Crippen LogP contribution in [0.15, 0.2) is 48.5 Å². The normalized spacial score (nSPS) is 14.5. The number of carbonyl (C=O) groups is 2. The Morgan fingerprint density at radius 2 is 1.83 bits per heavy atom. The summed E-state index contributed by atoms with van der Waals surface area (Å²) in [5.74, 6) is 0.421. The van der Waals surface area contributed by atoms with Gasteiger partial charge in [0.2, 0.25) is 5.91 Å². The number of anilines is 1. The largest absolute Gasteiger partial charge is 0.489 e. The van der Waals surface area contributed by atoms with E-state index in [1.165, 1.54) is 4.90 Å². The number of nitrogens with zero attached hydrogens (tertiary/aromatic N) is 1. The molecule has 3 amide bonds. The van der Waals surface area contributed by atoms with Crippen LogP contribution in [-0.2, 0) is 17.9 Å². The standard InChI is InChI=1S/C18H19N3O3/c19-11-13-4-6-14(7-5-13)12-24-16-3-1-2-15(10-16)21-9-8-17(22)20-18(21)23/h1-7,10H,8-9,11-12,19H2,(H,20,22,23). The fourth-order valence-corrected chi connectivity index (χ4v) is 2.49. The number of imide groups is 1. The molecule has 0 aliphatic carbocycles. The molecule has 0 atom stereocenters. The Labute approximate surface area is 140 Å². The molecule has 1 heterocycles. The van der Waals surface area contributed by atoms with Crippen molar-refractivity contribution in [2.24, 2.45) is 5.73 Å². The molecule has 1 aliphatic rings. The van der Waals surface area contributed by atoms with Crippen LogP contribution in [0.25, 0.3) is 0 Å². The van der Waals surface area contributed by atoms with Gasteiger partial charge in [0.25, 0.3) is 0 Å². The predicted molar refractivity (Wildman–Crippen MR) is 90.6 cm³/mol. The van der Waals surface area contributed by atoms with Gasteiger partial charge in [0, 0.05) is 31.3 Å². The van der Waals surface area contributed by atoms with E-state index in [-0.39, 0.29) is 5.91 Å². The van der Waals surface area contributed by atoms with Crippen molar-refractivity contribution in [3.63, 3.8) is 0 Å². The number of rotatable bonds is 5. The van der Waals surface area contributed by atoms with E-state index in [0.29, 0.717) is 37.6 Å². The molecule has 24 heavy (non-hydrogen) atoms. The average molecular weight is 325 g/mol. The van der Waals surface area contributed by atoms with Crippen molar-refractivity contribution >= 4 is 17.6 Å². The molecule has 0 saturated carbocycles. The molecule has 0 spiro atoms. The van der Waals surface area contributed by atoms with Crippen LogP contribution in [0.5, 0.6) is 5.75 Å². The molecule has 0 aromatic heterocycles. The number of benzene rings is 2. The Hall–Kier alpha value is -2.86. The van der Waals surface area contributed by atoms with Crippen LogP contribution in [0.1, 0.15) is 17.5 Å². The van der Waals surface area contributed by atoms with Crippen molar-refractivity contribution < 1.29 is 14.3 Å². The minimum atomic E-state index is -0.402. The van der Waals surface area contributed by atoms with Crippen molar-refractivity contribution in [2.45, 2.75) is 19.6 Å². The van der Waals surface area contributed by atoms with Crippen LogP contribution in [0.2, 0.25) is 0 Å². The second-order valence-corrected chi connectivity index (χ2v) is 5.56. The van der Waals surface area contributed by atoms with Crippen molar-refractivity contribution in [3.8, 4) is 5.75 Å². The zero-order chi connectivity index (χ0) is 16.9. The van der Waals surface area contributed by atoms with Gasteiger partial charge in [0.15, 0.2) is 0 Å². The minimum absolute atomic E-state index is 0.246. The van der Waals surface area contributed by atoms with Gasteiger partial charge in [0.1, 0.15) is 12.4 Å². The maximum absolute atomic E-state index is 11.9. The molecule has 2 aromatic rings. The fourth-order valence-electron chi connectivity index (χ4n) is 2.49. The lowest BCUT2D eigenvalue weighted by molar-refractivity contribution is -0.120. The van der Waals surface area contributed by atoms with Crippen molar-refractivity contribution in [1.82, 2.24) is 5.32 Å². The van der Waals surface area contributed by atoms with E-state index in [1.807, 2.05) is 42.5 Å². The van der Waals surface area contributed by atoms with Gasteiger partial charge >= 0.3 is 6.03 Å². The number of hydrogen-bond acceptors (Lipinski definition) is 4. The first kappa shape index (κ1) is 16.0. The molecule has 3 N–H and O–H groups in total. The van der Waals surface area contributed by atoms with Crippen LogP contribution in [0.3, 0.4) is 0 Å². The van der Waals surface area contributed by atoms with Gasteiger partial charge in [-0.15, -0.1) is 0 Å².